The van der Waals surface area contributed by atoms with E-state index < -0.39 is 96.6 Å². The van der Waals surface area contributed by atoms with Crippen molar-refractivity contribution in [2.24, 2.45) is 22.2 Å². The Morgan fingerprint density at radius 3 is 1.90 bits per heavy atom. The van der Waals surface area contributed by atoms with E-state index in [2.05, 4.69) is 51.8 Å². The van der Waals surface area contributed by atoms with Gasteiger partial charge in [-0.1, -0.05) is 48.5 Å². The van der Waals surface area contributed by atoms with Crippen molar-refractivity contribution in [1.82, 2.24) is 46.9 Å². The van der Waals surface area contributed by atoms with Gasteiger partial charge in [-0.2, -0.15) is 11.8 Å². The number of nitrogens with two attached hydrogens (primary N) is 3. The first-order valence-corrected chi connectivity index (χ1v) is 23.0. The van der Waals surface area contributed by atoms with Crippen molar-refractivity contribution in [3.63, 3.8) is 0 Å². The molecule has 366 valence electrons. The highest BCUT2D eigenvalue weighted by Gasteiger charge is 2.34. The lowest BCUT2D eigenvalue weighted by atomic mass is 10.0. The third-order valence-electron chi connectivity index (χ3n) is 10.5. The Bertz CT molecular complexity index is 2360. The molecule has 0 unspecified atom stereocenters. The highest BCUT2D eigenvalue weighted by Crippen LogP contribution is 2.20. The minimum atomic E-state index is -1.43. The predicted octanol–water partition coefficient (Wildman–Crippen LogP) is -1.46. The molecule has 0 aliphatic rings. The van der Waals surface area contributed by atoms with Gasteiger partial charge < -0.3 is 69.3 Å². The van der Waals surface area contributed by atoms with E-state index in [0.717, 1.165) is 10.9 Å². The number of carbonyl (C=O) groups excluding carboxylic acids is 6. The largest absolute Gasteiger partial charge is 0.481 e. The maximum absolute atomic E-state index is 14.5. The first-order chi connectivity index (χ1) is 32.5. The number of carboxylic acids is 2. The van der Waals surface area contributed by atoms with E-state index in [1.807, 2.05) is 24.5 Å². The van der Waals surface area contributed by atoms with Crippen LogP contribution in [0.5, 0.6) is 0 Å². The summed E-state index contributed by atoms with van der Waals surface area (Å²) in [5.74, 6) is -7.15. The lowest BCUT2D eigenvalue weighted by Crippen LogP contribution is -2.60. The summed E-state index contributed by atoms with van der Waals surface area (Å²) in [6.45, 7) is -0.679. The van der Waals surface area contributed by atoms with Crippen molar-refractivity contribution in [3.8, 4) is 0 Å². The first-order valence-electron chi connectivity index (χ1n) is 21.6. The summed E-state index contributed by atoms with van der Waals surface area (Å²) in [5.41, 5.74) is 19.5. The molecule has 2 aromatic carbocycles. The molecule has 2 aromatic heterocycles. The van der Waals surface area contributed by atoms with Crippen LogP contribution in [0.1, 0.15) is 48.9 Å². The minimum Gasteiger partial charge on any atom is -0.481 e. The zero-order chi connectivity index (χ0) is 49.6. The van der Waals surface area contributed by atoms with Crippen molar-refractivity contribution in [1.29, 1.82) is 0 Å². The smallest absolute Gasteiger partial charge is 0.322 e. The number of imidazole rings is 1. The summed E-state index contributed by atoms with van der Waals surface area (Å²) >= 11 is 1.46. The molecular weight excluding hydrogens is 903 g/mol. The van der Waals surface area contributed by atoms with E-state index in [1.165, 1.54) is 24.3 Å². The number of nitrogens with one attached hydrogen (secondary N) is 8. The van der Waals surface area contributed by atoms with E-state index in [1.54, 1.807) is 42.6 Å². The molecular formula is C44H59N13O10S. The van der Waals surface area contributed by atoms with Crippen molar-refractivity contribution in [2.75, 3.05) is 25.1 Å². The van der Waals surface area contributed by atoms with Crippen LogP contribution in [0.4, 0.5) is 0 Å². The molecule has 23 nitrogen and oxygen atoms in total. The topological polar surface area (TPSA) is 384 Å². The van der Waals surface area contributed by atoms with Gasteiger partial charge in [0.05, 0.1) is 12.4 Å². The number of thioether (sulfide) groups is 1. The second kappa shape index (κ2) is 27.2. The lowest BCUT2D eigenvalue weighted by molar-refractivity contribution is -0.139. The Morgan fingerprint density at radius 2 is 1.28 bits per heavy atom. The number of para-hydroxylation sites is 1. The first kappa shape index (κ1) is 53.1. The molecule has 0 aliphatic heterocycles. The highest BCUT2D eigenvalue weighted by atomic mass is 32.2. The van der Waals surface area contributed by atoms with Crippen LogP contribution in [0.2, 0.25) is 0 Å². The molecule has 6 amide bonds. The zero-order valence-corrected chi connectivity index (χ0v) is 38.2. The molecule has 0 bridgehead atoms. The van der Waals surface area contributed by atoms with Gasteiger partial charge >= 0.3 is 11.9 Å². The van der Waals surface area contributed by atoms with Crippen LogP contribution in [0.15, 0.2) is 78.3 Å². The number of carboxylic acid groups (broad SMARTS) is 2. The maximum atomic E-state index is 14.5. The number of aromatic amines is 2. The van der Waals surface area contributed by atoms with Gasteiger partial charge in [-0.25, -0.2) is 4.98 Å². The van der Waals surface area contributed by atoms with Gasteiger partial charge in [0.1, 0.15) is 36.8 Å². The van der Waals surface area contributed by atoms with Crippen LogP contribution in [0, 0.1) is 0 Å². The van der Waals surface area contributed by atoms with Gasteiger partial charge in [0.25, 0.3) is 0 Å². The molecule has 16 N–H and O–H groups in total. The third kappa shape index (κ3) is 17.7. The Hall–Kier alpha value is -7.47. The molecule has 0 spiro atoms. The van der Waals surface area contributed by atoms with Crippen LogP contribution in [-0.4, -0.2) is 140 Å². The van der Waals surface area contributed by atoms with Gasteiger partial charge in [-0.3, -0.25) is 43.3 Å². The molecule has 0 fully saturated rings. The van der Waals surface area contributed by atoms with E-state index in [0.29, 0.717) is 22.6 Å². The van der Waals surface area contributed by atoms with Gasteiger partial charge in [0.15, 0.2) is 5.96 Å². The van der Waals surface area contributed by atoms with Crippen molar-refractivity contribution >= 4 is 76.0 Å². The Balaban J connectivity index is 1.64. The highest BCUT2D eigenvalue weighted by molar-refractivity contribution is 7.98. The quantitative estimate of drug-likeness (QED) is 0.0168. The number of aliphatic imine (C=N–C) groups is 1. The molecule has 24 heteroatoms. The number of H-pyrrole nitrogens is 2. The number of nitrogens with zero attached hydrogens (tertiary/aromatic N) is 2. The van der Waals surface area contributed by atoms with Gasteiger partial charge in [0, 0.05) is 61.2 Å². The fourth-order valence-corrected chi connectivity index (χ4v) is 7.44. The van der Waals surface area contributed by atoms with Gasteiger partial charge in [0.2, 0.25) is 35.4 Å². The number of carbonyl (C=O) groups is 8. The second-order valence-corrected chi connectivity index (χ2v) is 16.7. The summed E-state index contributed by atoms with van der Waals surface area (Å²) in [6.07, 6.45) is 5.40. The molecule has 4 aromatic rings. The molecule has 6 atom stereocenters. The van der Waals surface area contributed by atoms with Crippen LogP contribution < -0.4 is 49.1 Å². The number of aliphatic carboxylic acids is 2. The van der Waals surface area contributed by atoms with E-state index in [9.17, 15) is 48.6 Å². The summed E-state index contributed by atoms with van der Waals surface area (Å²) in [4.78, 5) is 120. The zero-order valence-electron chi connectivity index (χ0n) is 37.4. The number of fused-ring (bicyclic) bond motifs is 1. The molecule has 0 aliphatic carbocycles. The summed E-state index contributed by atoms with van der Waals surface area (Å²) in [5, 5.41) is 35.0. The molecule has 68 heavy (non-hydrogen) atoms. The standard InChI is InChI=1S/C44H59N13O10S/c1-68-17-15-29(45)38(62)53-32(13-14-36(58)59)41(65)57-35(20-27-22-48-24-52-27)43(67)55-33(18-25-8-3-2-4-9-25)42(66)54-31(12-7-16-49-44(46)47)40(64)56-34(39(63)51-23-37(60)61)19-26-21-50-30-11-6-5-10-28(26)30/h2-6,8-11,21-22,24,29,31-35,50H,7,12-20,23,45H2,1H3,(H,48,52)(H,51,63)(H,53,62)(H,54,66)(H,55,67)(H,56,64)(H,57,65)(H,58,59)(H,60,61)(H4,46,47,49)/t29-,31+,32-,33-,34-,35-/m0/s1. The number of hydrogen-bond donors (Lipinski definition) is 13. The van der Waals surface area contributed by atoms with E-state index >= 15 is 0 Å². The minimum absolute atomic E-state index is 0.0522. The summed E-state index contributed by atoms with van der Waals surface area (Å²) in [6, 6.07) is 7.90. The fourth-order valence-electron chi connectivity index (χ4n) is 6.95. The van der Waals surface area contributed by atoms with Crippen molar-refractivity contribution in [3.05, 3.63) is 90.1 Å². The molecule has 0 saturated carbocycles. The number of guanidine groups is 1. The van der Waals surface area contributed by atoms with Gasteiger partial charge in [-0.05, 0) is 54.9 Å². The number of hydrogen-bond acceptors (Lipinski definition) is 12. The van der Waals surface area contributed by atoms with Crippen LogP contribution in [-0.2, 0) is 57.6 Å². The molecule has 4 rings (SSSR count). The molecule has 0 radical (unpaired) electrons. The lowest BCUT2D eigenvalue weighted by Gasteiger charge is -2.27. The monoisotopic (exact) mass is 961 g/mol. The predicted molar refractivity (Wildman–Crippen MR) is 252 cm³/mol. The Kier molecular flexibility index (Phi) is 21.3. The Morgan fingerprint density at radius 1 is 0.691 bits per heavy atom. The third-order valence-corrected chi connectivity index (χ3v) is 11.1. The van der Waals surface area contributed by atoms with Crippen LogP contribution in [0.25, 0.3) is 10.9 Å². The normalized spacial score (nSPS) is 13.6. The second-order valence-electron chi connectivity index (χ2n) is 15.7. The maximum Gasteiger partial charge on any atom is 0.322 e. The number of aromatic nitrogens is 3. The van der Waals surface area contributed by atoms with Gasteiger partial charge in [-0.15, -0.1) is 0 Å². The number of amides is 6. The van der Waals surface area contributed by atoms with Crippen LogP contribution >= 0.6 is 11.8 Å². The van der Waals surface area contributed by atoms with Crippen molar-refractivity contribution < 1.29 is 48.6 Å². The molecule has 2 heterocycles. The summed E-state index contributed by atoms with van der Waals surface area (Å²) < 4.78 is 0. The SMILES string of the molecule is CSCC[C@H](N)C(=O)N[C@@H](CCC(=O)O)C(=O)N[C@@H](Cc1cnc[nH]1)C(=O)N[C@@H](Cc1ccccc1)C(=O)N[C@H](CCCN=C(N)N)C(=O)N[C@@H](Cc1c[nH]c2ccccc12)C(=O)NCC(=O)O. The van der Waals surface area contributed by atoms with Crippen LogP contribution in [0.3, 0.4) is 0 Å². The number of rotatable bonds is 29. The fraction of sp³-hybridized carbons (Fsp3) is 0.409. The Labute approximate surface area is 395 Å². The van der Waals surface area contributed by atoms with E-state index in [-0.39, 0.29) is 57.5 Å². The molecule has 0 saturated heterocycles. The summed E-state index contributed by atoms with van der Waals surface area (Å²) in [7, 11) is 0. The average molecular weight is 962 g/mol. The number of benzene rings is 2. The van der Waals surface area contributed by atoms with Crippen molar-refractivity contribution in [2.45, 2.75) is 87.6 Å². The average Bonchev–Trinajstić information content (AvgIpc) is 3.99. The van der Waals surface area contributed by atoms with E-state index in [4.69, 9.17) is 17.2 Å².